The molecule has 0 amide bonds. The van der Waals surface area contributed by atoms with E-state index in [-0.39, 0.29) is 17.1 Å². The Morgan fingerprint density at radius 2 is 1.82 bits per heavy atom. The van der Waals surface area contributed by atoms with E-state index in [1.807, 2.05) is 19.1 Å². The lowest BCUT2D eigenvalue weighted by atomic mass is 9.96. The average Bonchev–Trinajstić information content (AvgIpc) is 2.38. The van der Waals surface area contributed by atoms with Gasteiger partial charge in [-0.15, -0.1) is 0 Å². The predicted molar refractivity (Wildman–Crippen MR) is 97.5 cm³/mol. The molecule has 0 bridgehead atoms. The maximum absolute atomic E-state index is 11.5. The van der Waals surface area contributed by atoms with E-state index in [4.69, 9.17) is 27.6 Å². The average molecular weight is 361 g/mol. The summed E-state index contributed by atoms with van der Waals surface area (Å²) < 4.78 is 6.33. The second-order valence-corrected chi connectivity index (χ2v) is 12.9. The Morgan fingerprint density at radius 1 is 1.23 bits per heavy atom. The van der Waals surface area contributed by atoms with Gasteiger partial charge in [0, 0.05) is 5.92 Å². The summed E-state index contributed by atoms with van der Waals surface area (Å²) in [7, 11) is -1.89. The monoisotopic (exact) mass is 360 g/mol. The Morgan fingerprint density at radius 3 is 2.27 bits per heavy atom. The number of halogens is 2. The molecule has 0 aliphatic rings. The highest BCUT2D eigenvalue weighted by atomic mass is 35.5. The van der Waals surface area contributed by atoms with Crippen LogP contribution in [0.4, 0.5) is 0 Å². The fourth-order valence-corrected chi connectivity index (χ4v) is 3.77. The van der Waals surface area contributed by atoms with Crippen molar-refractivity contribution in [1.29, 1.82) is 0 Å². The molecule has 0 spiro atoms. The van der Waals surface area contributed by atoms with Gasteiger partial charge >= 0.3 is 0 Å². The van der Waals surface area contributed by atoms with Crippen LogP contribution in [-0.4, -0.2) is 20.7 Å². The normalized spacial score (nSPS) is 15.5. The molecule has 0 saturated heterocycles. The van der Waals surface area contributed by atoms with Crippen molar-refractivity contribution >= 4 is 37.8 Å². The second kappa shape index (κ2) is 7.48. The van der Waals surface area contributed by atoms with Crippen molar-refractivity contribution in [3.05, 3.63) is 33.8 Å². The number of hydrogen-bond donors (Lipinski definition) is 0. The summed E-state index contributed by atoms with van der Waals surface area (Å²) in [6.07, 6.45) is 1.48. The summed E-state index contributed by atoms with van der Waals surface area (Å²) in [6.45, 7) is 13.0. The smallest absolute Gasteiger partial charge is 0.192 e. The Bertz CT molecular complexity index is 524. The zero-order valence-corrected chi connectivity index (χ0v) is 16.8. The first-order valence-electron chi connectivity index (χ1n) is 7.55. The first-order valence-corrected chi connectivity index (χ1v) is 11.2. The number of rotatable bonds is 6. The molecule has 22 heavy (non-hydrogen) atoms. The minimum atomic E-state index is -1.89. The Kier molecular flexibility index (Phi) is 6.69. The van der Waals surface area contributed by atoms with Gasteiger partial charge in [0.2, 0.25) is 0 Å². The molecule has 0 aliphatic carbocycles. The molecule has 1 aromatic rings. The molecule has 0 aromatic heterocycles. The minimum Gasteiger partial charge on any atom is -0.413 e. The highest BCUT2D eigenvalue weighted by Gasteiger charge is 2.39. The molecular weight excluding hydrogens is 335 g/mol. The molecular formula is C17H26Cl2O2Si. The van der Waals surface area contributed by atoms with Crippen molar-refractivity contribution in [1.82, 2.24) is 0 Å². The molecule has 0 N–H and O–H groups in total. The molecule has 0 aliphatic heterocycles. The lowest BCUT2D eigenvalue weighted by Crippen LogP contribution is -2.45. The van der Waals surface area contributed by atoms with Crippen molar-refractivity contribution in [3.63, 3.8) is 0 Å². The van der Waals surface area contributed by atoms with E-state index in [9.17, 15) is 4.79 Å². The maximum atomic E-state index is 11.5. The third kappa shape index (κ3) is 5.09. The van der Waals surface area contributed by atoms with E-state index < -0.39 is 8.32 Å². The van der Waals surface area contributed by atoms with Gasteiger partial charge in [-0.05, 0) is 49.2 Å². The van der Waals surface area contributed by atoms with Crippen molar-refractivity contribution < 1.29 is 9.22 Å². The topological polar surface area (TPSA) is 26.3 Å². The van der Waals surface area contributed by atoms with Gasteiger partial charge in [-0.1, -0.05) is 50.0 Å². The number of carbonyl (C=O) groups is 1. The molecule has 0 heterocycles. The zero-order valence-electron chi connectivity index (χ0n) is 14.2. The first-order chi connectivity index (χ1) is 9.98. The van der Waals surface area contributed by atoms with E-state index in [1.54, 1.807) is 6.07 Å². The Hall–Kier alpha value is -0.353. The lowest BCUT2D eigenvalue weighted by Gasteiger charge is -2.39. The van der Waals surface area contributed by atoms with Gasteiger partial charge in [0.1, 0.15) is 6.29 Å². The van der Waals surface area contributed by atoms with Crippen LogP contribution in [-0.2, 0) is 15.6 Å². The number of hydrogen-bond acceptors (Lipinski definition) is 2. The van der Waals surface area contributed by atoms with Gasteiger partial charge in [-0.25, -0.2) is 0 Å². The largest absolute Gasteiger partial charge is 0.413 e. The van der Waals surface area contributed by atoms with Gasteiger partial charge in [-0.2, -0.15) is 0 Å². The number of benzene rings is 1. The predicted octanol–water partition coefficient (Wildman–Crippen LogP) is 5.76. The van der Waals surface area contributed by atoms with Crippen LogP contribution >= 0.6 is 23.2 Å². The van der Waals surface area contributed by atoms with Crippen LogP contribution in [0.25, 0.3) is 0 Å². The molecule has 2 atom stereocenters. The third-order valence-electron chi connectivity index (χ3n) is 4.52. The van der Waals surface area contributed by atoms with Crippen molar-refractivity contribution in [2.75, 3.05) is 0 Å². The first kappa shape index (κ1) is 19.7. The molecule has 2 nitrogen and oxygen atoms in total. The van der Waals surface area contributed by atoms with E-state index >= 15 is 0 Å². The summed E-state index contributed by atoms with van der Waals surface area (Å²) in [5, 5.41) is 1.17. The molecule has 1 rings (SSSR count). The third-order valence-corrected chi connectivity index (χ3v) is 9.83. The number of carbonyl (C=O) groups excluding carboxylic acids is 1. The maximum Gasteiger partial charge on any atom is 0.192 e. The minimum absolute atomic E-state index is 0.118. The van der Waals surface area contributed by atoms with Crippen molar-refractivity contribution in [2.45, 2.75) is 58.4 Å². The zero-order chi connectivity index (χ0) is 17.1. The van der Waals surface area contributed by atoms with Gasteiger partial charge in [0.25, 0.3) is 0 Å². The molecule has 5 heteroatoms. The summed E-state index contributed by atoms with van der Waals surface area (Å²) in [5.74, 6) is -0.189. The highest BCUT2D eigenvalue weighted by molar-refractivity contribution is 6.74. The van der Waals surface area contributed by atoms with Crippen LogP contribution < -0.4 is 0 Å². The van der Waals surface area contributed by atoms with E-state index in [0.29, 0.717) is 16.5 Å². The van der Waals surface area contributed by atoms with Crippen molar-refractivity contribution in [3.8, 4) is 0 Å². The number of aldehydes is 1. The molecule has 124 valence electrons. The van der Waals surface area contributed by atoms with E-state index in [0.717, 1.165) is 11.8 Å². The van der Waals surface area contributed by atoms with Crippen LogP contribution in [0, 0.1) is 5.92 Å². The quantitative estimate of drug-likeness (QED) is 0.475. The van der Waals surface area contributed by atoms with Gasteiger partial charge in [0.15, 0.2) is 8.32 Å². The van der Waals surface area contributed by atoms with Crippen LogP contribution in [0.1, 0.15) is 33.3 Å². The molecule has 0 radical (unpaired) electrons. The van der Waals surface area contributed by atoms with Crippen LogP contribution in [0.3, 0.4) is 0 Å². The molecule has 1 aromatic carbocycles. The van der Waals surface area contributed by atoms with Crippen LogP contribution in [0.2, 0.25) is 28.2 Å². The van der Waals surface area contributed by atoms with Gasteiger partial charge < -0.3 is 9.22 Å². The van der Waals surface area contributed by atoms with Gasteiger partial charge in [0.05, 0.1) is 16.1 Å². The second-order valence-electron chi connectivity index (χ2n) is 7.34. The summed E-state index contributed by atoms with van der Waals surface area (Å²) in [4.78, 5) is 11.5. The summed E-state index contributed by atoms with van der Waals surface area (Å²) >= 11 is 12.0. The Balaban J connectivity index is 2.83. The van der Waals surface area contributed by atoms with E-state index in [2.05, 4.69) is 33.9 Å². The molecule has 0 unspecified atom stereocenters. The summed E-state index contributed by atoms with van der Waals surface area (Å²) in [5.41, 5.74) is 0.997. The van der Waals surface area contributed by atoms with E-state index in [1.165, 1.54) is 0 Å². The van der Waals surface area contributed by atoms with Crippen LogP contribution in [0.15, 0.2) is 18.2 Å². The standard InChI is InChI=1S/C17H26Cl2O2Si/c1-12(21-22(5,6)17(2,3)4)14(11-20)9-13-7-8-15(18)16(19)10-13/h7-8,10-12,14H,9H2,1-6H3/t12-,14+/m1/s1. The summed E-state index contributed by atoms with van der Waals surface area (Å²) in [6, 6.07) is 5.49. The van der Waals surface area contributed by atoms with Gasteiger partial charge in [-0.3, -0.25) is 0 Å². The SMILES string of the molecule is C[C@@H](O[Si](C)(C)C(C)(C)C)[C@H](C=O)Cc1ccc(Cl)c(Cl)c1. The fourth-order valence-electron chi connectivity index (χ4n) is 1.99. The molecule has 0 saturated carbocycles. The Labute approximate surface area is 145 Å². The van der Waals surface area contributed by atoms with Crippen LogP contribution in [0.5, 0.6) is 0 Å². The highest BCUT2D eigenvalue weighted by Crippen LogP contribution is 2.38. The fraction of sp³-hybridized carbons (Fsp3) is 0.588. The lowest BCUT2D eigenvalue weighted by molar-refractivity contribution is -0.113. The molecule has 0 fully saturated rings. The van der Waals surface area contributed by atoms with Crippen molar-refractivity contribution in [2.24, 2.45) is 5.92 Å².